The van der Waals surface area contributed by atoms with Crippen LogP contribution in [0.3, 0.4) is 0 Å². The van der Waals surface area contributed by atoms with Gasteiger partial charge in [-0.2, -0.15) is 5.26 Å². The Balaban J connectivity index is 3.43. The molecule has 0 atom stereocenters. The first-order valence-electron chi connectivity index (χ1n) is 5.71. The van der Waals surface area contributed by atoms with Crippen molar-refractivity contribution in [1.82, 2.24) is 10.2 Å². The van der Waals surface area contributed by atoms with Gasteiger partial charge in [-0.3, -0.25) is 4.79 Å². The lowest BCUT2D eigenvalue weighted by atomic mass is 9.89. The first-order valence-corrected chi connectivity index (χ1v) is 5.71. The van der Waals surface area contributed by atoms with E-state index in [2.05, 4.69) is 11.4 Å². The monoisotopic (exact) mass is 225 g/mol. The van der Waals surface area contributed by atoms with Gasteiger partial charge in [-0.15, -0.1) is 0 Å². The molecule has 0 aromatic carbocycles. The SMILES string of the molecule is CN(C)C(=O)CNCCCCC(C)(C)C#N. The molecule has 0 aliphatic rings. The van der Waals surface area contributed by atoms with Crippen LogP contribution in [0.5, 0.6) is 0 Å². The second-order valence-electron chi connectivity index (χ2n) is 4.92. The highest BCUT2D eigenvalue weighted by Crippen LogP contribution is 2.21. The summed E-state index contributed by atoms with van der Waals surface area (Å²) in [5.41, 5.74) is -0.223. The van der Waals surface area contributed by atoms with Gasteiger partial charge in [0.15, 0.2) is 0 Å². The highest BCUT2D eigenvalue weighted by atomic mass is 16.2. The molecule has 92 valence electrons. The summed E-state index contributed by atoms with van der Waals surface area (Å²) >= 11 is 0. The van der Waals surface area contributed by atoms with Gasteiger partial charge < -0.3 is 10.2 Å². The van der Waals surface area contributed by atoms with Crippen LogP contribution in [0.15, 0.2) is 0 Å². The van der Waals surface area contributed by atoms with Crippen LogP contribution in [-0.2, 0) is 4.79 Å². The quantitative estimate of drug-likeness (QED) is 0.666. The van der Waals surface area contributed by atoms with Crippen LogP contribution < -0.4 is 5.32 Å². The summed E-state index contributed by atoms with van der Waals surface area (Å²) in [5, 5.41) is 11.9. The Bertz CT molecular complexity index is 253. The van der Waals surface area contributed by atoms with Crippen LogP contribution in [0.4, 0.5) is 0 Å². The molecule has 0 aromatic rings. The fourth-order valence-corrected chi connectivity index (χ4v) is 1.23. The molecule has 0 unspecified atom stereocenters. The number of hydrogen-bond donors (Lipinski definition) is 1. The molecule has 0 radical (unpaired) electrons. The number of nitrogens with one attached hydrogen (secondary N) is 1. The lowest BCUT2D eigenvalue weighted by Gasteiger charge is -2.14. The Labute approximate surface area is 98.6 Å². The molecule has 4 nitrogen and oxygen atoms in total. The van der Waals surface area contributed by atoms with Gasteiger partial charge in [0.2, 0.25) is 5.91 Å². The van der Waals surface area contributed by atoms with Crippen LogP contribution >= 0.6 is 0 Å². The van der Waals surface area contributed by atoms with Crippen molar-refractivity contribution in [3.63, 3.8) is 0 Å². The van der Waals surface area contributed by atoms with Gasteiger partial charge >= 0.3 is 0 Å². The number of nitriles is 1. The smallest absolute Gasteiger partial charge is 0.236 e. The second-order valence-corrected chi connectivity index (χ2v) is 4.92. The van der Waals surface area contributed by atoms with Crippen LogP contribution in [0.25, 0.3) is 0 Å². The maximum absolute atomic E-state index is 11.2. The molecule has 16 heavy (non-hydrogen) atoms. The minimum atomic E-state index is -0.223. The highest BCUT2D eigenvalue weighted by molar-refractivity contribution is 5.77. The van der Waals surface area contributed by atoms with E-state index in [-0.39, 0.29) is 11.3 Å². The fraction of sp³-hybridized carbons (Fsp3) is 0.833. The van der Waals surface area contributed by atoms with Crippen molar-refractivity contribution in [2.24, 2.45) is 5.41 Å². The van der Waals surface area contributed by atoms with Crippen LogP contribution in [0, 0.1) is 16.7 Å². The molecule has 0 heterocycles. The second kappa shape index (κ2) is 7.24. The minimum absolute atomic E-state index is 0.0948. The number of amides is 1. The van der Waals surface area contributed by atoms with E-state index < -0.39 is 0 Å². The van der Waals surface area contributed by atoms with Gasteiger partial charge in [0.1, 0.15) is 0 Å². The van der Waals surface area contributed by atoms with Crippen LogP contribution in [0.2, 0.25) is 0 Å². The number of rotatable bonds is 7. The fourth-order valence-electron chi connectivity index (χ4n) is 1.23. The maximum Gasteiger partial charge on any atom is 0.236 e. The molecule has 0 bridgehead atoms. The van der Waals surface area contributed by atoms with E-state index >= 15 is 0 Å². The Kier molecular flexibility index (Phi) is 6.75. The van der Waals surface area contributed by atoms with Crippen molar-refractivity contribution in [2.45, 2.75) is 33.1 Å². The molecule has 0 rings (SSSR count). The van der Waals surface area contributed by atoms with Gasteiger partial charge in [0.25, 0.3) is 0 Å². The van der Waals surface area contributed by atoms with E-state index in [9.17, 15) is 4.79 Å². The number of unbranched alkanes of at least 4 members (excludes halogenated alkanes) is 1. The number of nitrogens with zero attached hydrogens (tertiary/aromatic N) is 2. The Morgan fingerprint density at radius 3 is 2.50 bits per heavy atom. The molecule has 0 aromatic heterocycles. The summed E-state index contributed by atoms with van der Waals surface area (Å²) in [6.45, 7) is 5.14. The van der Waals surface area contributed by atoms with Gasteiger partial charge in [0, 0.05) is 14.1 Å². The summed E-state index contributed by atoms with van der Waals surface area (Å²) in [7, 11) is 3.50. The third-order valence-electron chi connectivity index (χ3n) is 2.48. The van der Waals surface area contributed by atoms with E-state index in [1.54, 1.807) is 19.0 Å². The van der Waals surface area contributed by atoms with Gasteiger partial charge in [-0.1, -0.05) is 6.42 Å². The zero-order chi connectivity index (χ0) is 12.6. The molecule has 1 N–H and O–H groups in total. The molecule has 4 heteroatoms. The Morgan fingerprint density at radius 2 is 2.00 bits per heavy atom. The predicted molar refractivity (Wildman–Crippen MR) is 64.8 cm³/mol. The number of likely N-dealkylation sites (N-methyl/N-ethyl adjacent to an activating group) is 1. The molecular formula is C12H23N3O. The number of carbonyl (C=O) groups excluding carboxylic acids is 1. The van der Waals surface area contributed by atoms with E-state index in [0.717, 1.165) is 25.8 Å². The summed E-state index contributed by atoms with van der Waals surface area (Å²) < 4.78 is 0. The first-order chi connectivity index (χ1) is 7.39. The van der Waals surface area contributed by atoms with Crippen molar-refractivity contribution in [1.29, 1.82) is 5.26 Å². The van der Waals surface area contributed by atoms with E-state index in [4.69, 9.17) is 5.26 Å². The van der Waals surface area contributed by atoms with E-state index in [1.165, 1.54) is 0 Å². The average molecular weight is 225 g/mol. The average Bonchev–Trinajstić information content (AvgIpc) is 2.22. The maximum atomic E-state index is 11.2. The number of carbonyl (C=O) groups is 1. The standard InChI is InChI=1S/C12H23N3O/c1-12(2,10-13)7-5-6-8-14-9-11(16)15(3)4/h14H,5-9H2,1-4H3. The zero-order valence-electron chi connectivity index (χ0n) is 10.8. The molecule has 1 amide bonds. The summed E-state index contributed by atoms with van der Waals surface area (Å²) in [5.74, 6) is 0.0948. The van der Waals surface area contributed by atoms with Crippen molar-refractivity contribution in [2.75, 3.05) is 27.2 Å². The highest BCUT2D eigenvalue weighted by Gasteiger charge is 2.15. The van der Waals surface area contributed by atoms with Crippen LogP contribution in [-0.4, -0.2) is 38.0 Å². The van der Waals surface area contributed by atoms with E-state index in [1.807, 2.05) is 13.8 Å². The van der Waals surface area contributed by atoms with Crippen molar-refractivity contribution in [3.8, 4) is 6.07 Å². The van der Waals surface area contributed by atoms with Crippen molar-refractivity contribution in [3.05, 3.63) is 0 Å². The summed E-state index contributed by atoms with van der Waals surface area (Å²) in [6.07, 6.45) is 2.93. The normalized spacial score (nSPS) is 10.9. The molecule has 0 saturated heterocycles. The Morgan fingerprint density at radius 1 is 1.38 bits per heavy atom. The topological polar surface area (TPSA) is 56.1 Å². The van der Waals surface area contributed by atoms with Crippen molar-refractivity contribution >= 4 is 5.91 Å². The lowest BCUT2D eigenvalue weighted by Crippen LogP contribution is -2.33. The van der Waals surface area contributed by atoms with Crippen molar-refractivity contribution < 1.29 is 4.79 Å². The molecule has 0 saturated carbocycles. The van der Waals surface area contributed by atoms with Gasteiger partial charge in [0.05, 0.1) is 18.0 Å². The summed E-state index contributed by atoms with van der Waals surface area (Å²) in [6, 6.07) is 2.28. The van der Waals surface area contributed by atoms with E-state index in [0.29, 0.717) is 6.54 Å². The first kappa shape index (κ1) is 14.9. The molecule has 0 aliphatic carbocycles. The van der Waals surface area contributed by atoms with Crippen LogP contribution in [0.1, 0.15) is 33.1 Å². The third-order valence-corrected chi connectivity index (χ3v) is 2.48. The molecular weight excluding hydrogens is 202 g/mol. The zero-order valence-corrected chi connectivity index (χ0v) is 10.8. The predicted octanol–water partition coefficient (Wildman–Crippen LogP) is 1.38. The molecule has 0 spiro atoms. The minimum Gasteiger partial charge on any atom is -0.348 e. The van der Waals surface area contributed by atoms with Gasteiger partial charge in [-0.05, 0) is 33.2 Å². The third kappa shape index (κ3) is 7.24. The van der Waals surface area contributed by atoms with Gasteiger partial charge in [-0.25, -0.2) is 0 Å². The summed E-state index contributed by atoms with van der Waals surface area (Å²) in [4.78, 5) is 12.8. The number of hydrogen-bond acceptors (Lipinski definition) is 3. The largest absolute Gasteiger partial charge is 0.348 e. The Hall–Kier alpha value is -1.08. The molecule has 0 aliphatic heterocycles. The lowest BCUT2D eigenvalue weighted by molar-refractivity contribution is -0.127. The molecule has 0 fully saturated rings.